The Morgan fingerprint density at radius 2 is 1.86 bits per heavy atom. The van der Waals surface area contributed by atoms with E-state index in [2.05, 4.69) is 31.2 Å². The highest BCUT2D eigenvalue weighted by atomic mass is 79.9. The fraction of sp³-hybridized carbons (Fsp3) is 0.136. The first-order valence-electron chi connectivity index (χ1n) is 9.09. The summed E-state index contributed by atoms with van der Waals surface area (Å²) in [5, 5.41) is 4.16. The van der Waals surface area contributed by atoms with Crippen molar-refractivity contribution in [1.82, 2.24) is 9.97 Å². The first kappa shape index (κ1) is 19.5. The number of anilines is 2. The van der Waals surface area contributed by atoms with Crippen LogP contribution in [0.3, 0.4) is 0 Å². The van der Waals surface area contributed by atoms with Gasteiger partial charge in [0.1, 0.15) is 21.9 Å². The lowest BCUT2D eigenvalue weighted by molar-refractivity contribution is 0.0514. The topological polar surface area (TPSA) is 64.1 Å². The van der Waals surface area contributed by atoms with Gasteiger partial charge in [-0.1, -0.05) is 46.3 Å². The summed E-state index contributed by atoms with van der Waals surface area (Å²) in [6.45, 7) is 2.24. The maximum Gasteiger partial charge on any atom is 0.348 e. The van der Waals surface area contributed by atoms with E-state index in [1.54, 1.807) is 0 Å². The number of nitrogens with zero attached hydrogens (tertiary/aromatic N) is 2. The van der Waals surface area contributed by atoms with Gasteiger partial charge in [0, 0.05) is 16.6 Å². The second-order valence-electron chi connectivity index (χ2n) is 6.46. The number of benzene rings is 2. The average molecular weight is 468 g/mol. The first-order valence-corrected chi connectivity index (χ1v) is 10.7. The van der Waals surface area contributed by atoms with Gasteiger partial charge < -0.3 is 10.1 Å². The van der Waals surface area contributed by atoms with Crippen molar-refractivity contribution in [3.8, 4) is 0 Å². The predicted molar refractivity (Wildman–Crippen MR) is 120 cm³/mol. The van der Waals surface area contributed by atoms with E-state index in [1.807, 2.05) is 61.5 Å². The Morgan fingerprint density at radius 3 is 2.62 bits per heavy atom. The van der Waals surface area contributed by atoms with E-state index in [-0.39, 0.29) is 5.97 Å². The molecule has 2 aromatic heterocycles. The van der Waals surface area contributed by atoms with Gasteiger partial charge in [0.05, 0.1) is 12.0 Å². The van der Waals surface area contributed by atoms with Gasteiger partial charge in [-0.05, 0) is 42.3 Å². The van der Waals surface area contributed by atoms with Crippen molar-refractivity contribution >= 4 is 55.0 Å². The van der Waals surface area contributed by atoms with Gasteiger partial charge in [-0.3, -0.25) is 0 Å². The first-order chi connectivity index (χ1) is 14.1. The fourth-order valence-electron chi connectivity index (χ4n) is 3.00. The lowest BCUT2D eigenvalue weighted by atomic mass is 10.2. The molecule has 0 aliphatic carbocycles. The molecule has 4 rings (SSSR count). The molecule has 0 amide bonds. The average Bonchev–Trinajstić information content (AvgIpc) is 3.08. The van der Waals surface area contributed by atoms with Gasteiger partial charge in [0.2, 0.25) is 0 Å². The predicted octanol–water partition coefficient (Wildman–Crippen LogP) is 5.91. The molecular formula is C22H18BrN3O2S. The van der Waals surface area contributed by atoms with Gasteiger partial charge in [-0.25, -0.2) is 14.8 Å². The molecule has 0 radical (unpaired) electrons. The number of ether oxygens (including phenoxy) is 1. The van der Waals surface area contributed by atoms with Crippen LogP contribution in [-0.2, 0) is 11.2 Å². The van der Waals surface area contributed by atoms with Crippen LogP contribution in [0.25, 0.3) is 10.2 Å². The minimum absolute atomic E-state index is 0.323. The Labute approximate surface area is 180 Å². The van der Waals surface area contributed by atoms with Crippen molar-refractivity contribution < 1.29 is 9.53 Å². The number of hydrogen-bond acceptors (Lipinski definition) is 6. The summed E-state index contributed by atoms with van der Waals surface area (Å²) in [5.41, 5.74) is 2.88. The number of rotatable bonds is 6. The highest BCUT2D eigenvalue weighted by Gasteiger charge is 2.20. The highest BCUT2D eigenvalue weighted by Crippen LogP contribution is 2.35. The molecule has 7 heteroatoms. The maximum absolute atomic E-state index is 12.6. The monoisotopic (exact) mass is 467 g/mol. The third-order valence-corrected chi connectivity index (χ3v) is 6.19. The summed E-state index contributed by atoms with van der Waals surface area (Å²) in [6, 6.07) is 17.8. The number of carbonyl (C=O) groups excluding carboxylic acids is 1. The fourth-order valence-corrected chi connectivity index (χ4v) is 4.31. The van der Waals surface area contributed by atoms with Gasteiger partial charge in [-0.15, -0.1) is 11.3 Å². The van der Waals surface area contributed by atoms with E-state index in [0.717, 1.165) is 31.5 Å². The van der Waals surface area contributed by atoms with Crippen LogP contribution in [0.15, 0.2) is 65.4 Å². The minimum atomic E-state index is -0.323. The molecule has 0 bridgehead atoms. The number of fused-ring (bicyclic) bond motifs is 1. The van der Waals surface area contributed by atoms with Crippen LogP contribution in [0.2, 0.25) is 0 Å². The number of esters is 1. The number of nitrogens with one attached hydrogen (secondary N) is 1. The molecule has 29 heavy (non-hydrogen) atoms. The van der Waals surface area contributed by atoms with Crippen LogP contribution in [0.4, 0.5) is 11.5 Å². The third kappa shape index (κ3) is 4.46. The second-order valence-corrected chi connectivity index (χ2v) is 8.38. The van der Waals surface area contributed by atoms with Crippen LogP contribution in [0, 0.1) is 6.92 Å². The lowest BCUT2D eigenvalue weighted by Gasteiger charge is -2.07. The van der Waals surface area contributed by atoms with Crippen LogP contribution >= 0.6 is 27.3 Å². The largest absolute Gasteiger partial charge is 0.461 e. The molecule has 146 valence electrons. The summed E-state index contributed by atoms with van der Waals surface area (Å²) >= 11 is 4.77. The summed E-state index contributed by atoms with van der Waals surface area (Å²) in [5.74, 6) is 0.352. The zero-order chi connectivity index (χ0) is 20.2. The van der Waals surface area contributed by atoms with E-state index in [0.29, 0.717) is 23.7 Å². The lowest BCUT2D eigenvalue weighted by Crippen LogP contribution is -2.07. The summed E-state index contributed by atoms with van der Waals surface area (Å²) in [4.78, 5) is 22.7. The van der Waals surface area contributed by atoms with Crippen molar-refractivity contribution in [2.75, 3.05) is 11.9 Å². The molecule has 2 heterocycles. The van der Waals surface area contributed by atoms with E-state index in [9.17, 15) is 4.79 Å². The number of aromatic nitrogens is 2. The Hall–Kier alpha value is -2.77. The van der Waals surface area contributed by atoms with Crippen molar-refractivity contribution in [3.05, 3.63) is 81.4 Å². The molecule has 5 nitrogen and oxygen atoms in total. The van der Waals surface area contributed by atoms with Crippen LogP contribution in [0.1, 0.15) is 20.8 Å². The molecule has 0 unspecified atom stereocenters. The van der Waals surface area contributed by atoms with E-state index < -0.39 is 0 Å². The Morgan fingerprint density at radius 1 is 1.10 bits per heavy atom. The molecule has 0 fully saturated rings. The van der Waals surface area contributed by atoms with Crippen LogP contribution < -0.4 is 5.32 Å². The molecule has 2 aromatic carbocycles. The molecule has 0 aliphatic rings. The number of hydrogen-bond donors (Lipinski definition) is 1. The second kappa shape index (κ2) is 8.71. The normalized spacial score (nSPS) is 10.8. The summed E-state index contributed by atoms with van der Waals surface area (Å²) in [7, 11) is 0. The molecule has 0 spiro atoms. The zero-order valence-corrected chi connectivity index (χ0v) is 18.1. The van der Waals surface area contributed by atoms with E-state index >= 15 is 0 Å². The Bertz CT molecular complexity index is 1140. The molecule has 0 saturated heterocycles. The van der Waals surface area contributed by atoms with Gasteiger partial charge in [-0.2, -0.15) is 0 Å². The zero-order valence-electron chi connectivity index (χ0n) is 15.7. The van der Waals surface area contributed by atoms with Crippen LogP contribution in [0.5, 0.6) is 0 Å². The molecule has 0 atom stereocenters. The SMILES string of the molecule is Cc1c(C(=O)OCCc2ccccc2)sc2ncnc(Nc3ccc(Br)cc3)c12. The maximum atomic E-state index is 12.6. The molecule has 0 saturated carbocycles. The molecule has 4 aromatic rings. The molecule has 0 aliphatic heterocycles. The smallest absolute Gasteiger partial charge is 0.348 e. The minimum Gasteiger partial charge on any atom is -0.461 e. The Kier molecular flexibility index (Phi) is 5.87. The summed E-state index contributed by atoms with van der Waals surface area (Å²) in [6.07, 6.45) is 2.19. The van der Waals surface area contributed by atoms with E-state index in [4.69, 9.17) is 4.74 Å². The summed E-state index contributed by atoms with van der Waals surface area (Å²) < 4.78 is 6.51. The standard InChI is InChI=1S/C22H18BrN3O2S/c1-14-18-20(26-17-9-7-16(23)8-10-17)24-13-25-21(18)29-19(14)22(27)28-12-11-15-5-3-2-4-6-15/h2-10,13H,11-12H2,1H3,(H,24,25,26). The van der Waals surface area contributed by atoms with Gasteiger partial charge in [0.15, 0.2) is 0 Å². The van der Waals surface area contributed by atoms with Crippen LogP contribution in [-0.4, -0.2) is 22.5 Å². The number of aryl methyl sites for hydroxylation is 1. The van der Waals surface area contributed by atoms with Crippen molar-refractivity contribution in [3.63, 3.8) is 0 Å². The van der Waals surface area contributed by atoms with Crippen molar-refractivity contribution in [1.29, 1.82) is 0 Å². The highest BCUT2D eigenvalue weighted by molar-refractivity contribution is 9.10. The number of thiophene rings is 1. The Balaban J connectivity index is 1.53. The van der Waals surface area contributed by atoms with Crippen molar-refractivity contribution in [2.45, 2.75) is 13.3 Å². The molecular weight excluding hydrogens is 450 g/mol. The van der Waals surface area contributed by atoms with Gasteiger partial charge >= 0.3 is 5.97 Å². The number of halogens is 1. The third-order valence-electron chi connectivity index (χ3n) is 4.49. The molecule has 1 N–H and O–H groups in total. The van der Waals surface area contributed by atoms with Gasteiger partial charge in [0.25, 0.3) is 0 Å². The van der Waals surface area contributed by atoms with Crippen molar-refractivity contribution in [2.24, 2.45) is 0 Å². The quantitative estimate of drug-likeness (QED) is 0.357. The van der Waals surface area contributed by atoms with E-state index in [1.165, 1.54) is 17.7 Å². The number of carbonyl (C=O) groups is 1.